The third-order valence-corrected chi connectivity index (χ3v) is 6.27. The summed E-state index contributed by atoms with van der Waals surface area (Å²) in [5.74, 6) is -0.884. The Labute approximate surface area is 242 Å². The van der Waals surface area contributed by atoms with E-state index in [1.807, 2.05) is 53.4 Å². The van der Waals surface area contributed by atoms with E-state index in [0.29, 0.717) is 23.3 Å². The van der Waals surface area contributed by atoms with Crippen LogP contribution in [0.4, 0.5) is 5.69 Å². The molecule has 1 amide bonds. The first-order valence-electron chi connectivity index (χ1n) is 11.5. The Kier molecular flexibility index (Phi) is 11.6. The summed E-state index contributed by atoms with van der Waals surface area (Å²) in [5.41, 5.74) is 4.10. The number of hydrogen-bond donors (Lipinski definition) is 2. The molecule has 3 aromatic rings. The van der Waals surface area contributed by atoms with Crippen molar-refractivity contribution in [3.05, 3.63) is 95.4 Å². The molecule has 0 saturated carbocycles. The number of ether oxygens (including phenoxy) is 1. The molecule has 0 radical (unpaired) electrons. The predicted molar refractivity (Wildman–Crippen MR) is 143 cm³/mol. The first kappa shape index (κ1) is 28.8. The van der Waals surface area contributed by atoms with Crippen molar-refractivity contribution in [2.75, 3.05) is 32.8 Å². The minimum atomic E-state index is -0.762. The molecule has 0 aliphatic carbocycles. The van der Waals surface area contributed by atoms with E-state index in [2.05, 4.69) is 40.6 Å². The first-order valence-corrected chi connectivity index (χ1v) is 12.3. The topological polar surface area (TPSA) is 91.2 Å². The van der Waals surface area contributed by atoms with Crippen LogP contribution in [-0.2, 0) is 14.3 Å². The number of amides is 1. The Morgan fingerprint density at radius 1 is 1.03 bits per heavy atom. The molecular weight excluding hydrogens is 497 g/mol. The number of thioether (sulfide) groups is 1. The van der Waals surface area contributed by atoms with E-state index in [4.69, 9.17) is 9.84 Å². The zero-order valence-corrected chi connectivity index (χ0v) is 23.4. The van der Waals surface area contributed by atoms with Crippen LogP contribution < -0.4 is 34.9 Å². The number of benzene rings is 3. The second-order valence-corrected chi connectivity index (χ2v) is 9.04. The van der Waals surface area contributed by atoms with E-state index in [1.54, 1.807) is 12.1 Å². The van der Waals surface area contributed by atoms with Gasteiger partial charge in [0.25, 0.3) is 5.91 Å². The number of aliphatic carboxylic acids is 1. The predicted octanol–water partition coefficient (Wildman–Crippen LogP) is 1.45. The molecule has 184 valence electrons. The van der Waals surface area contributed by atoms with Crippen molar-refractivity contribution >= 4 is 40.6 Å². The van der Waals surface area contributed by atoms with Crippen LogP contribution in [0.5, 0.6) is 0 Å². The maximum absolute atomic E-state index is 12.2. The monoisotopic (exact) mass is 523 g/mol. The van der Waals surface area contributed by atoms with E-state index >= 15 is 0 Å². The Bertz CT molecular complexity index is 1230. The van der Waals surface area contributed by atoms with Crippen LogP contribution in [-0.4, -0.2) is 59.9 Å². The van der Waals surface area contributed by atoms with Gasteiger partial charge in [-0.1, -0.05) is 54.6 Å². The van der Waals surface area contributed by atoms with Crippen molar-refractivity contribution in [2.24, 2.45) is 4.99 Å². The van der Waals surface area contributed by atoms with E-state index in [1.165, 1.54) is 17.3 Å². The number of carbonyl (C=O) groups excluding carboxylic acids is 1. The number of amidine groups is 1. The third kappa shape index (κ3) is 9.27. The molecule has 2 aliphatic heterocycles. The maximum atomic E-state index is 12.2. The summed E-state index contributed by atoms with van der Waals surface area (Å²) in [6.07, 6.45) is 1.88. The average Bonchev–Trinajstić information content (AvgIpc) is 3.24. The summed E-state index contributed by atoms with van der Waals surface area (Å²) >= 11 is 1.35. The zero-order chi connectivity index (χ0) is 25.2. The van der Waals surface area contributed by atoms with E-state index in [9.17, 15) is 9.59 Å². The minimum Gasteiger partial charge on any atom is -0.480 e. The molecule has 2 fully saturated rings. The van der Waals surface area contributed by atoms with Crippen LogP contribution >= 0.6 is 11.8 Å². The standard InChI is InChI=1S/C22H15N2OS.C6H11NO3.Na/c25-21-20(26-22(24-21)23-19-9-5-2-6-10-19)15-16-11-13-18(14-12-16)17-7-3-1-4-8-17;8-6(9)5-7-1-3-10-4-2-7;/h1,3-15H,(H,23,24,25);1-5H2,(H,8,9);/q-1;;+1. The number of nitrogens with zero attached hydrogens (tertiary/aromatic N) is 2. The summed E-state index contributed by atoms with van der Waals surface area (Å²) < 4.78 is 5.05. The summed E-state index contributed by atoms with van der Waals surface area (Å²) in [5, 5.41) is 11.8. The quantitative estimate of drug-likeness (QED) is 0.299. The van der Waals surface area contributed by atoms with Gasteiger partial charge in [-0.15, -0.1) is 12.1 Å². The van der Waals surface area contributed by atoms with Crippen LogP contribution in [0, 0.1) is 6.07 Å². The number of carbonyl (C=O) groups is 2. The fraction of sp³-hybridized carbons (Fsp3) is 0.179. The molecule has 5 rings (SSSR count). The second kappa shape index (κ2) is 14.9. The molecule has 0 atom stereocenters. The van der Waals surface area contributed by atoms with Crippen molar-refractivity contribution in [3.63, 3.8) is 0 Å². The van der Waals surface area contributed by atoms with Crippen molar-refractivity contribution < 1.29 is 49.0 Å². The normalized spacial score (nSPS) is 17.5. The molecule has 2 saturated heterocycles. The number of aliphatic imine (C=N–C) groups is 1. The van der Waals surface area contributed by atoms with Gasteiger partial charge >= 0.3 is 35.5 Å². The molecule has 2 heterocycles. The van der Waals surface area contributed by atoms with Gasteiger partial charge in [-0.3, -0.25) is 19.5 Å². The van der Waals surface area contributed by atoms with Crippen LogP contribution in [0.15, 0.2) is 88.8 Å². The Hall–Kier alpha value is -2.72. The molecule has 0 bridgehead atoms. The maximum Gasteiger partial charge on any atom is 1.00 e. The molecule has 2 N–H and O–H groups in total. The summed E-state index contributed by atoms with van der Waals surface area (Å²) in [6.45, 7) is 2.95. The second-order valence-electron chi connectivity index (χ2n) is 8.01. The Balaban J connectivity index is 0.000000293. The molecule has 2 aliphatic rings. The third-order valence-electron chi connectivity index (χ3n) is 5.36. The van der Waals surface area contributed by atoms with Gasteiger partial charge in [0, 0.05) is 13.1 Å². The van der Waals surface area contributed by atoms with Gasteiger partial charge in [-0.05, 0) is 40.2 Å². The van der Waals surface area contributed by atoms with Crippen molar-refractivity contribution in [1.29, 1.82) is 0 Å². The van der Waals surface area contributed by atoms with Gasteiger partial charge in [0.2, 0.25) is 0 Å². The molecule has 0 spiro atoms. The van der Waals surface area contributed by atoms with Crippen LogP contribution in [0.3, 0.4) is 0 Å². The number of hydrogen-bond acceptors (Lipinski definition) is 6. The smallest absolute Gasteiger partial charge is 0.480 e. The van der Waals surface area contributed by atoms with Crippen LogP contribution in [0.25, 0.3) is 17.2 Å². The van der Waals surface area contributed by atoms with E-state index < -0.39 is 5.97 Å². The Morgan fingerprint density at radius 3 is 2.32 bits per heavy atom. The summed E-state index contributed by atoms with van der Waals surface area (Å²) in [6, 6.07) is 28.6. The van der Waals surface area contributed by atoms with Gasteiger partial charge < -0.3 is 15.2 Å². The molecule has 9 heteroatoms. The number of carboxylic acid groups (broad SMARTS) is 1. The first-order chi connectivity index (χ1) is 17.6. The molecule has 37 heavy (non-hydrogen) atoms. The van der Waals surface area contributed by atoms with Gasteiger partial charge in [0.1, 0.15) is 0 Å². The molecule has 3 aromatic carbocycles. The van der Waals surface area contributed by atoms with Crippen LogP contribution in [0.1, 0.15) is 5.56 Å². The fourth-order valence-electron chi connectivity index (χ4n) is 3.55. The van der Waals surface area contributed by atoms with Crippen molar-refractivity contribution in [1.82, 2.24) is 10.2 Å². The van der Waals surface area contributed by atoms with Crippen molar-refractivity contribution in [2.45, 2.75) is 0 Å². The van der Waals surface area contributed by atoms with Gasteiger partial charge in [-0.25, -0.2) is 0 Å². The SMILES string of the molecule is O=C(O)CN1CCOCC1.O=C1NC(=Nc2cc[c-]cc2)SC1=Cc1ccc(-c2ccccc2)cc1.[Na+]. The largest absolute Gasteiger partial charge is 1.00 e. The van der Waals surface area contributed by atoms with Crippen molar-refractivity contribution in [3.8, 4) is 11.1 Å². The minimum absolute atomic E-state index is 0. The zero-order valence-electron chi connectivity index (χ0n) is 20.6. The number of carboxylic acids is 1. The number of nitrogens with one attached hydrogen (secondary N) is 1. The Morgan fingerprint density at radius 2 is 1.68 bits per heavy atom. The van der Waals surface area contributed by atoms with Gasteiger partial charge in [0.05, 0.1) is 24.7 Å². The summed E-state index contributed by atoms with van der Waals surface area (Å²) in [4.78, 5) is 29.3. The summed E-state index contributed by atoms with van der Waals surface area (Å²) in [7, 11) is 0. The molecular formula is C28H26N3NaO4S. The fourth-order valence-corrected chi connectivity index (χ4v) is 4.40. The van der Waals surface area contributed by atoms with E-state index in [0.717, 1.165) is 29.9 Å². The number of rotatable bonds is 5. The molecule has 0 aromatic heterocycles. The average molecular weight is 524 g/mol. The molecule has 0 unspecified atom stereocenters. The molecule has 7 nitrogen and oxygen atoms in total. The van der Waals surface area contributed by atoms with Gasteiger partial charge in [-0.2, -0.15) is 18.2 Å². The van der Waals surface area contributed by atoms with Crippen LogP contribution in [0.2, 0.25) is 0 Å². The number of morpholine rings is 1. The van der Waals surface area contributed by atoms with Gasteiger partial charge in [0.15, 0.2) is 5.17 Å². The van der Waals surface area contributed by atoms with E-state index in [-0.39, 0.29) is 42.0 Å².